The Labute approximate surface area is 109 Å². The Bertz CT molecular complexity index is 178. The van der Waals surface area contributed by atoms with Crippen LogP contribution in [0, 0.1) is 23.7 Å². The van der Waals surface area contributed by atoms with Gasteiger partial charge in [0.1, 0.15) is 0 Å². The smallest absolute Gasteiger partial charge is 0.00153 e. The summed E-state index contributed by atoms with van der Waals surface area (Å²) in [6.45, 7) is 11.8. The third-order valence-corrected chi connectivity index (χ3v) is 4.29. The summed E-state index contributed by atoms with van der Waals surface area (Å²) in [5, 5.41) is 3.68. The third-order valence-electron chi connectivity index (χ3n) is 4.29. The molecule has 0 aromatic carbocycles. The molecule has 0 spiro atoms. The lowest BCUT2D eigenvalue weighted by Crippen LogP contribution is -2.33. The Hall–Kier alpha value is -0.0400. The Balaban J connectivity index is 2.40. The van der Waals surface area contributed by atoms with E-state index < -0.39 is 0 Å². The Morgan fingerprint density at radius 2 is 1.47 bits per heavy atom. The fourth-order valence-corrected chi connectivity index (χ4v) is 3.22. The maximum Gasteiger partial charge on any atom is -0.00153 e. The van der Waals surface area contributed by atoms with E-state index in [9.17, 15) is 0 Å². The van der Waals surface area contributed by atoms with Crippen molar-refractivity contribution in [3.8, 4) is 0 Å². The summed E-state index contributed by atoms with van der Waals surface area (Å²) < 4.78 is 0. The van der Waals surface area contributed by atoms with E-state index in [1.165, 1.54) is 51.6 Å². The molecule has 1 fully saturated rings. The minimum atomic E-state index is 0.775. The third kappa shape index (κ3) is 5.90. The fourth-order valence-electron chi connectivity index (χ4n) is 3.22. The zero-order chi connectivity index (χ0) is 12.7. The first-order valence-electron chi connectivity index (χ1n) is 7.82. The standard InChI is InChI=1S/C16H33N/c1-13(2)11-17-12-16(14(3)4)15-9-7-5-6-8-10-15/h13-17H,5-12H2,1-4H3. The first-order valence-corrected chi connectivity index (χ1v) is 7.82. The van der Waals surface area contributed by atoms with E-state index in [0.29, 0.717) is 0 Å². The van der Waals surface area contributed by atoms with E-state index >= 15 is 0 Å². The van der Waals surface area contributed by atoms with Gasteiger partial charge in [-0.25, -0.2) is 0 Å². The highest BCUT2D eigenvalue weighted by Crippen LogP contribution is 2.32. The molecule has 0 aromatic heterocycles. The summed E-state index contributed by atoms with van der Waals surface area (Å²) in [5.74, 6) is 3.48. The molecular weight excluding hydrogens is 206 g/mol. The van der Waals surface area contributed by atoms with Crippen LogP contribution in [0.25, 0.3) is 0 Å². The summed E-state index contributed by atoms with van der Waals surface area (Å²) in [6, 6.07) is 0. The lowest BCUT2D eigenvalue weighted by atomic mass is 9.79. The van der Waals surface area contributed by atoms with Crippen molar-refractivity contribution in [2.45, 2.75) is 66.2 Å². The van der Waals surface area contributed by atoms with Gasteiger partial charge in [0, 0.05) is 0 Å². The highest BCUT2D eigenvalue weighted by atomic mass is 14.9. The molecule has 1 nitrogen and oxygen atoms in total. The average Bonchev–Trinajstić information content (AvgIpc) is 2.52. The van der Waals surface area contributed by atoms with Crippen molar-refractivity contribution in [1.29, 1.82) is 0 Å². The van der Waals surface area contributed by atoms with Crippen molar-refractivity contribution >= 4 is 0 Å². The van der Waals surface area contributed by atoms with Crippen LogP contribution in [0.1, 0.15) is 66.2 Å². The highest BCUT2D eigenvalue weighted by Gasteiger charge is 2.24. The average molecular weight is 239 g/mol. The first kappa shape index (κ1) is 15.0. The molecule has 1 saturated carbocycles. The van der Waals surface area contributed by atoms with Crippen molar-refractivity contribution in [2.24, 2.45) is 23.7 Å². The SMILES string of the molecule is CC(C)CNCC(C(C)C)C1CCCCCC1. The van der Waals surface area contributed by atoms with Crippen LogP contribution in [0.5, 0.6) is 0 Å². The minimum absolute atomic E-state index is 0.775. The monoisotopic (exact) mass is 239 g/mol. The Kier molecular flexibility index (Phi) is 7.18. The molecule has 1 N–H and O–H groups in total. The quantitative estimate of drug-likeness (QED) is 0.674. The molecule has 17 heavy (non-hydrogen) atoms. The van der Waals surface area contributed by atoms with Gasteiger partial charge >= 0.3 is 0 Å². The van der Waals surface area contributed by atoms with Gasteiger partial charge in [-0.3, -0.25) is 0 Å². The van der Waals surface area contributed by atoms with Crippen LogP contribution in [0.4, 0.5) is 0 Å². The largest absolute Gasteiger partial charge is 0.316 e. The van der Waals surface area contributed by atoms with Crippen LogP contribution in [0.2, 0.25) is 0 Å². The molecule has 102 valence electrons. The molecule has 1 rings (SSSR count). The van der Waals surface area contributed by atoms with E-state index in [0.717, 1.165) is 23.7 Å². The van der Waals surface area contributed by atoms with Crippen LogP contribution in [-0.2, 0) is 0 Å². The van der Waals surface area contributed by atoms with Gasteiger partial charge in [-0.15, -0.1) is 0 Å². The second kappa shape index (κ2) is 8.13. The number of nitrogens with one attached hydrogen (secondary N) is 1. The fraction of sp³-hybridized carbons (Fsp3) is 1.00. The van der Waals surface area contributed by atoms with Crippen LogP contribution < -0.4 is 5.32 Å². The van der Waals surface area contributed by atoms with Gasteiger partial charge < -0.3 is 5.32 Å². The lowest BCUT2D eigenvalue weighted by molar-refractivity contribution is 0.220. The first-order chi connectivity index (χ1) is 8.11. The number of hydrogen-bond donors (Lipinski definition) is 1. The molecule has 0 heterocycles. The topological polar surface area (TPSA) is 12.0 Å². The van der Waals surface area contributed by atoms with Crippen molar-refractivity contribution < 1.29 is 0 Å². The van der Waals surface area contributed by atoms with Crippen LogP contribution in [-0.4, -0.2) is 13.1 Å². The molecule has 1 unspecified atom stereocenters. The highest BCUT2D eigenvalue weighted by molar-refractivity contribution is 4.77. The predicted octanol–water partition coefficient (Wildman–Crippen LogP) is 4.47. The molecule has 1 atom stereocenters. The maximum atomic E-state index is 3.68. The second-order valence-corrected chi connectivity index (χ2v) is 6.71. The predicted molar refractivity (Wildman–Crippen MR) is 77.2 cm³/mol. The van der Waals surface area contributed by atoms with Gasteiger partial charge in [0.2, 0.25) is 0 Å². The molecule has 1 aliphatic carbocycles. The summed E-state index contributed by atoms with van der Waals surface area (Å²) in [6.07, 6.45) is 8.84. The molecule has 0 bridgehead atoms. The summed E-state index contributed by atoms with van der Waals surface area (Å²) in [7, 11) is 0. The van der Waals surface area contributed by atoms with Gasteiger partial charge in [-0.2, -0.15) is 0 Å². The number of hydrogen-bond acceptors (Lipinski definition) is 1. The van der Waals surface area contributed by atoms with Gasteiger partial charge in [0.15, 0.2) is 0 Å². The van der Waals surface area contributed by atoms with E-state index in [1.807, 2.05) is 0 Å². The molecule has 0 saturated heterocycles. The summed E-state index contributed by atoms with van der Waals surface area (Å²) in [5.41, 5.74) is 0. The van der Waals surface area contributed by atoms with Gasteiger partial charge in [0.05, 0.1) is 0 Å². The van der Waals surface area contributed by atoms with Gasteiger partial charge in [0.25, 0.3) is 0 Å². The van der Waals surface area contributed by atoms with Gasteiger partial charge in [-0.1, -0.05) is 66.2 Å². The Morgan fingerprint density at radius 1 is 0.882 bits per heavy atom. The van der Waals surface area contributed by atoms with Crippen molar-refractivity contribution in [2.75, 3.05) is 13.1 Å². The molecule has 0 aliphatic heterocycles. The Morgan fingerprint density at radius 3 is 1.94 bits per heavy atom. The van der Waals surface area contributed by atoms with Crippen molar-refractivity contribution in [3.05, 3.63) is 0 Å². The lowest BCUT2D eigenvalue weighted by Gasteiger charge is -2.30. The van der Waals surface area contributed by atoms with E-state index in [1.54, 1.807) is 0 Å². The van der Waals surface area contributed by atoms with Crippen molar-refractivity contribution in [3.63, 3.8) is 0 Å². The van der Waals surface area contributed by atoms with Crippen LogP contribution >= 0.6 is 0 Å². The molecule has 1 heteroatoms. The van der Waals surface area contributed by atoms with E-state index in [-0.39, 0.29) is 0 Å². The van der Waals surface area contributed by atoms with Gasteiger partial charge in [-0.05, 0) is 36.8 Å². The van der Waals surface area contributed by atoms with E-state index in [4.69, 9.17) is 0 Å². The number of rotatable bonds is 6. The normalized spacial score (nSPS) is 20.8. The van der Waals surface area contributed by atoms with Crippen molar-refractivity contribution in [1.82, 2.24) is 5.32 Å². The summed E-state index contributed by atoms with van der Waals surface area (Å²) >= 11 is 0. The minimum Gasteiger partial charge on any atom is -0.316 e. The molecule has 0 amide bonds. The molecular formula is C16H33N. The molecule has 0 aromatic rings. The zero-order valence-electron chi connectivity index (χ0n) is 12.5. The van der Waals surface area contributed by atoms with Crippen LogP contribution in [0.15, 0.2) is 0 Å². The second-order valence-electron chi connectivity index (χ2n) is 6.71. The van der Waals surface area contributed by atoms with E-state index in [2.05, 4.69) is 33.0 Å². The molecule has 0 radical (unpaired) electrons. The maximum absolute atomic E-state index is 3.68. The summed E-state index contributed by atoms with van der Waals surface area (Å²) in [4.78, 5) is 0. The van der Waals surface area contributed by atoms with Crippen LogP contribution in [0.3, 0.4) is 0 Å². The zero-order valence-corrected chi connectivity index (χ0v) is 12.5. The molecule has 1 aliphatic rings.